The number of thiocarbonyl (C=S) groups is 1. The highest BCUT2D eigenvalue weighted by Gasteiger charge is 2.48. The molecule has 1 rings (SSSR count). The molecule has 1 aliphatic heterocycles. The zero-order chi connectivity index (χ0) is 22.7. The summed E-state index contributed by atoms with van der Waals surface area (Å²) in [6.45, 7) is -3.05. The lowest BCUT2D eigenvalue weighted by Gasteiger charge is -2.43. The van der Waals surface area contributed by atoms with Crippen molar-refractivity contribution in [3.05, 3.63) is 0 Å². The maximum Gasteiger partial charge on any atom is 0.187 e. The smallest absolute Gasteiger partial charge is 0.187 e. The molecule has 10 nitrogen and oxygen atoms in total. The lowest BCUT2D eigenvalue weighted by atomic mass is 9.97. The van der Waals surface area contributed by atoms with Gasteiger partial charge in [0.2, 0.25) is 0 Å². The van der Waals surface area contributed by atoms with Gasteiger partial charge < -0.3 is 42.9 Å². The fourth-order valence-corrected chi connectivity index (χ4v) is 2.47. The summed E-state index contributed by atoms with van der Waals surface area (Å²) in [7, 11) is 0. The summed E-state index contributed by atoms with van der Waals surface area (Å²) >= 11 is 4.56. The molecule has 0 spiro atoms. The normalized spacial score (nSPS) is 30.1. The van der Waals surface area contributed by atoms with Gasteiger partial charge in [-0.05, 0) is 12.2 Å². The van der Waals surface area contributed by atoms with Gasteiger partial charge in [-0.2, -0.15) is 4.99 Å². The minimum atomic E-state index is -1.27. The fraction of sp³-hybridized carbons (Fsp3) is 0.667. The molecule has 1 unspecified atom stereocenters. The highest BCUT2D eigenvalue weighted by Crippen LogP contribution is 2.29. The second-order valence-corrected chi connectivity index (χ2v) is 4.89. The molecule has 0 amide bonds. The molecule has 0 bridgehead atoms. The van der Waals surface area contributed by atoms with Crippen molar-refractivity contribution in [2.24, 2.45) is 4.99 Å². The number of nitrogens with zero attached hydrogens (tertiary/aromatic N) is 1. The third-order valence-electron chi connectivity index (χ3n) is 3.24. The minimum Gasteiger partial charge on any atom is -0.371 e. The Bertz CT molecular complexity index is 691. The van der Waals surface area contributed by atoms with Gasteiger partial charge in [0.1, 0.15) is 81.4 Å². The summed E-state index contributed by atoms with van der Waals surface area (Å²) in [5.74, 6) is 0. The fourth-order valence-electron chi connectivity index (χ4n) is 2.36. The van der Waals surface area contributed by atoms with E-state index in [1.54, 1.807) is 0 Å². The Hall–Kier alpha value is -1.72. The van der Waals surface area contributed by atoms with Crippen LogP contribution in [0.4, 0.5) is 0 Å². The average Bonchev–Trinajstić information content (AvgIpc) is 2.64. The monoisotopic (exact) mass is 393 g/mol. The summed E-state index contributed by atoms with van der Waals surface area (Å²) in [6, 6.07) is 0. The number of carbonyl (C=O) groups is 4. The number of hydrogen-bond acceptors (Lipinski definition) is 11. The second kappa shape index (κ2) is 13.5. The van der Waals surface area contributed by atoms with Crippen LogP contribution < -0.4 is 0 Å². The summed E-state index contributed by atoms with van der Waals surface area (Å²) in [4.78, 5) is 47.7. The number of isothiocyanates is 1. The van der Waals surface area contributed by atoms with Crippen molar-refractivity contribution in [2.45, 2.75) is 30.6 Å². The molecule has 0 N–H and O–H groups in total. The van der Waals surface area contributed by atoms with Gasteiger partial charge in [-0.1, -0.05) is 0 Å². The first-order chi connectivity index (χ1) is 14.1. The molecule has 0 aliphatic carbocycles. The van der Waals surface area contributed by atoms with E-state index < -0.39 is 82.1 Å². The average molecular weight is 393 g/mol. The molecule has 1 fully saturated rings. The molecule has 0 saturated carbocycles. The van der Waals surface area contributed by atoms with Crippen molar-refractivity contribution in [3.8, 4) is 0 Å². The molecule has 11 heteroatoms. The van der Waals surface area contributed by atoms with Crippen LogP contribution in [0.1, 0.15) is 5.48 Å². The van der Waals surface area contributed by atoms with Gasteiger partial charge in [0, 0.05) is 0 Å². The number of ether oxygens (including phenoxy) is 5. The van der Waals surface area contributed by atoms with Crippen LogP contribution in [0.25, 0.3) is 0 Å². The molecule has 0 aromatic carbocycles. The van der Waals surface area contributed by atoms with Crippen LogP contribution >= 0.6 is 12.2 Å². The van der Waals surface area contributed by atoms with Crippen LogP contribution in [-0.4, -0.2) is 93.9 Å². The van der Waals surface area contributed by atoms with Crippen LogP contribution in [0.3, 0.4) is 0 Å². The highest BCUT2D eigenvalue weighted by atomic mass is 32.1. The zero-order valence-corrected chi connectivity index (χ0v) is 14.3. The quantitative estimate of drug-likeness (QED) is 0.201. The number of carbonyl (C=O) groups excluding carboxylic acids is 4. The van der Waals surface area contributed by atoms with Crippen molar-refractivity contribution in [2.75, 3.05) is 33.0 Å². The highest BCUT2D eigenvalue weighted by molar-refractivity contribution is 7.78. The van der Waals surface area contributed by atoms with Gasteiger partial charge >= 0.3 is 0 Å². The standard InChI is InChI=1S/C15H19NO9S/c17-1-5-21-9-11-12(22-6-2-18)13(23-7-3-19)14(24-8-4-20)15(25-11)16-10-26/h1-4,11-15H,5-9H2/t11-,12-,13+,14-,15?/m1/s1/i1D,2D,3D,4D. The van der Waals surface area contributed by atoms with Gasteiger partial charge in [-0.25, -0.2) is 0 Å². The molecule has 26 heavy (non-hydrogen) atoms. The van der Waals surface area contributed by atoms with E-state index in [0.717, 1.165) is 0 Å². The van der Waals surface area contributed by atoms with E-state index >= 15 is 0 Å². The van der Waals surface area contributed by atoms with Crippen LogP contribution in [0.2, 0.25) is 0 Å². The Morgan fingerprint density at radius 3 is 2.00 bits per heavy atom. The van der Waals surface area contributed by atoms with Crippen molar-refractivity contribution in [3.63, 3.8) is 0 Å². The molecular formula is C15H19NO9S. The number of aliphatic imine (C=N–C) groups is 1. The van der Waals surface area contributed by atoms with E-state index in [9.17, 15) is 19.2 Å². The Balaban J connectivity index is 3.21. The molecule has 0 aromatic heterocycles. The summed E-state index contributed by atoms with van der Waals surface area (Å²) in [5.41, 5.74) is 0. The van der Waals surface area contributed by atoms with Crippen molar-refractivity contribution in [1.29, 1.82) is 0 Å². The molecule has 5 atom stereocenters. The van der Waals surface area contributed by atoms with Crippen molar-refractivity contribution < 1.29 is 48.3 Å². The van der Waals surface area contributed by atoms with Gasteiger partial charge in [0.25, 0.3) is 0 Å². The predicted octanol–water partition coefficient (Wildman–Crippen LogP) is -1.22. The van der Waals surface area contributed by atoms with Gasteiger partial charge in [-0.15, -0.1) is 0 Å². The van der Waals surface area contributed by atoms with Crippen molar-refractivity contribution >= 4 is 42.4 Å². The molecule has 1 heterocycles. The second-order valence-electron chi connectivity index (χ2n) is 4.70. The lowest BCUT2D eigenvalue weighted by molar-refractivity contribution is -0.258. The van der Waals surface area contributed by atoms with E-state index in [1.807, 2.05) is 0 Å². The van der Waals surface area contributed by atoms with Crippen LogP contribution in [0.5, 0.6) is 0 Å². The van der Waals surface area contributed by atoms with Gasteiger partial charge in [0.15, 0.2) is 6.23 Å². The largest absolute Gasteiger partial charge is 0.371 e. The van der Waals surface area contributed by atoms with E-state index in [1.165, 1.54) is 0 Å². The molecule has 0 radical (unpaired) electrons. The van der Waals surface area contributed by atoms with Crippen LogP contribution in [0, 0.1) is 0 Å². The summed E-state index contributed by atoms with van der Waals surface area (Å²) in [6.07, 6.45) is -10.4. The molecular weight excluding hydrogens is 370 g/mol. The first-order valence-corrected chi connectivity index (χ1v) is 7.69. The summed E-state index contributed by atoms with van der Waals surface area (Å²) in [5, 5.41) is 2.06. The Morgan fingerprint density at radius 2 is 1.46 bits per heavy atom. The number of rotatable bonds is 14. The topological polar surface area (TPSA) is 127 Å². The van der Waals surface area contributed by atoms with E-state index in [0.29, 0.717) is 0 Å². The number of hydrogen-bond donors (Lipinski definition) is 0. The lowest BCUT2D eigenvalue weighted by Crippen LogP contribution is -2.61. The van der Waals surface area contributed by atoms with E-state index in [4.69, 9.17) is 29.2 Å². The Labute approximate surface area is 160 Å². The third-order valence-corrected chi connectivity index (χ3v) is 3.34. The predicted molar refractivity (Wildman–Crippen MR) is 88.0 cm³/mol. The Kier molecular flexibility index (Phi) is 8.53. The zero-order valence-electron chi connectivity index (χ0n) is 17.5. The molecule has 144 valence electrons. The Morgan fingerprint density at radius 1 is 0.923 bits per heavy atom. The first kappa shape index (κ1) is 16.5. The maximum absolute atomic E-state index is 11.1. The van der Waals surface area contributed by atoms with Crippen molar-refractivity contribution in [1.82, 2.24) is 0 Å². The first-order valence-electron chi connectivity index (χ1n) is 9.28. The third kappa shape index (κ3) is 6.89. The number of aldehydes is 4. The van der Waals surface area contributed by atoms with Crippen LogP contribution in [0.15, 0.2) is 4.99 Å². The van der Waals surface area contributed by atoms with E-state index in [-0.39, 0.29) is 6.61 Å². The minimum absolute atomic E-state index is 0.344. The van der Waals surface area contributed by atoms with Gasteiger partial charge in [-0.3, -0.25) is 0 Å². The summed E-state index contributed by atoms with van der Waals surface area (Å²) < 4.78 is 54.6. The van der Waals surface area contributed by atoms with Crippen LogP contribution in [-0.2, 0) is 42.9 Å². The SMILES string of the molecule is [2H]C(=O)COC[C@H]1OC(N=C=S)[C@H](OCC([2H])=O)[C@@H](OCC([2H])=O)[C@@H]1OCC([2H])=O. The molecule has 1 saturated heterocycles. The molecule has 1 aliphatic rings. The molecule has 0 aromatic rings. The van der Waals surface area contributed by atoms with E-state index in [2.05, 4.69) is 22.4 Å². The maximum atomic E-state index is 11.1. The van der Waals surface area contributed by atoms with Gasteiger partial charge in [0.05, 0.1) is 11.8 Å².